The largest absolute Gasteiger partial charge is 0.316 e. The molecule has 7 heteroatoms. The number of hydrogen-bond acceptors (Lipinski definition) is 3. The molecule has 4 nitrogen and oxygen atoms in total. The van der Waals surface area contributed by atoms with Crippen LogP contribution in [0.5, 0.6) is 0 Å². The van der Waals surface area contributed by atoms with Crippen LogP contribution in [-0.4, -0.2) is 28.1 Å². The molecule has 0 saturated carbocycles. The van der Waals surface area contributed by atoms with E-state index in [-0.39, 0.29) is 17.3 Å². The number of benzene rings is 1. The van der Waals surface area contributed by atoms with Gasteiger partial charge in [-0.05, 0) is 50.0 Å². The van der Waals surface area contributed by atoms with Gasteiger partial charge in [-0.2, -0.15) is 0 Å². The second kappa shape index (κ2) is 7.19. The van der Waals surface area contributed by atoms with E-state index >= 15 is 0 Å². The average Bonchev–Trinajstić information content (AvgIpc) is 2.38. The summed E-state index contributed by atoms with van der Waals surface area (Å²) in [5.41, 5.74) is 0. The summed E-state index contributed by atoms with van der Waals surface area (Å²) in [7, 11) is -3.60. The van der Waals surface area contributed by atoms with Gasteiger partial charge in [-0.25, -0.2) is 17.5 Å². The van der Waals surface area contributed by atoms with Crippen molar-refractivity contribution in [3.8, 4) is 0 Å². The van der Waals surface area contributed by atoms with Gasteiger partial charge in [-0.3, -0.25) is 0 Å². The van der Waals surface area contributed by atoms with Gasteiger partial charge in [0.05, 0.1) is 4.90 Å². The molecule has 0 bridgehead atoms. The first-order valence-electron chi connectivity index (χ1n) is 6.04. The molecule has 1 fully saturated rings. The normalized spacial score (nSPS) is 19.7. The fraction of sp³-hybridized carbons (Fsp3) is 0.500. The molecule has 1 unspecified atom stereocenters. The highest BCUT2D eigenvalue weighted by Gasteiger charge is 2.18. The molecule has 0 aromatic heterocycles. The van der Waals surface area contributed by atoms with Crippen LogP contribution in [0.25, 0.3) is 0 Å². The first-order valence-corrected chi connectivity index (χ1v) is 7.52. The topological polar surface area (TPSA) is 58.2 Å². The van der Waals surface area contributed by atoms with Gasteiger partial charge in [0.1, 0.15) is 5.82 Å². The molecule has 2 rings (SSSR count). The van der Waals surface area contributed by atoms with E-state index in [1.54, 1.807) is 0 Å². The van der Waals surface area contributed by atoms with E-state index < -0.39 is 15.8 Å². The molecule has 0 radical (unpaired) electrons. The van der Waals surface area contributed by atoms with Crippen molar-refractivity contribution in [3.05, 3.63) is 30.1 Å². The Labute approximate surface area is 119 Å². The first-order chi connectivity index (χ1) is 8.58. The Bertz CT molecular complexity index is 504. The van der Waals surface area contributed by atoms with Gasteiger partial charge in [0, 0.05) is 6.54 Å². The zero-order valence-corrected chi connectivity index (χ0v) is 12.1. The van der Waals surface area contributed by atoms with Gasteiger partial charge < -0.3 is 5.32 Å². The number of nitrogens with one attached hydrogen (secondary N) is 2. The molecule has 1 aliphatic rings. The molecule has 0 amide bonds. The van der Waals surface area contributed by atoms with E-state index in [0.717, 1.165) is 32.0 Å². The summed E-state index contributed by atoms with van der Waals surface area (Å²) in [6.07, 6.45) is 2.07. The summed E-state index contributed by atoms with van der Waals surface area (Å²) < 4.78 is 39.4. The number of hydrogen-bond donors (Lipinski definition) is 2. The highest BCUT2D eigenvalue weighted by molar-refractivity contribution is 7.89. The minimum atomic E-state index is -3.60. The number of rotatable bonds is 4. The van der Waals surface area contributed by atoms with Crippen LogP contribution in [-0.2, 0) is 10.0 Å². The van der Waals surface area contributed by atoms with Crippen LogP contribution in [0, 0.1) is 11.7 Å². The predicted molar refractivity (Wildman–Crippen MR) is 74.4 cm³/mol. The van der Waals surface area contributed by atoms with E-state index in [9.17, 15) is 12.8 Å². The Morgan fingerprint density at radius 1 is 1.42 bits per heavy atom. The van der Waals surface area contributed by atoms with Crippen molar-refractivity contribution < 1.29 is 12.8 Å². The molecule has 1 atom stereocenters. The second-order valence-electron chi connectivity index (χ2n) is 4.52. The highest BCUT2D eigenvalue weighted by Crippen LogP contribution is 2.13. The smallest absolute Gasteiger partial charge is 0.240 e. The summed E-state index contributed by atoms with van der Waals surface area (Å²) in [5.74, 6) is -0.237. The third kappa shape index (κ3) is 4.72. The molecule has 1 aromatic rings. The van der Waals surface area contributed by atoms with Crippen molar-refractivity contribution >= 4 is 22.4 Å². The molecular weight excluding hydrogens is 291 g/mol. The predicted octanol–water partition coefficient (Wildman–Crippen LogP) is 1.53. The molecule has 0 spiro atoms. The van der Waals surface area contributed by atoms with Crippen LogP contribution in [0.1, 0.15) is 12.8 Å². The number of halogens is 2. The first kappa shape index (κ1) is 16.4. The van der Waals surface area contributed by atoms with E-state index in [4.69, 9.17) is 0 Å². The summed E-state index contributed by atoms with van der Waals surface area (Å²) in [5, 5.41) is 3.23. The Morgan fingerprint density at radius 3 is 2.84 bits per heavy atom. The van der Waals surface area contributed by atoms with Gasteiger partial charge in [0.2, 0.25) is 10.0 Å². The third-order valence-electron chi connectivity index (χ3n) is 3.07. The maximum atomic E-state index is 13.0. The van der Waals surface area contributed by atoms with Gasteiger partial charge in [0.25, 0.3) is 0 Å². The highest BCUT2D eigenvalue weighted by atomic mass is 35.5. The van der Waals surface area contributed by atoms with Crippen molar-refractivity contribution in [3.63, 3.8) is 0 Å². The number of piperidine rings is 1. The lowest BCUT2D eigenvalue weighted by molar-refractivity contribution is 0.376. The molecule has 108 valence electrons. The monoisotopic (exact) mass is 308 g/mol. The van der Waals surface area contributed by atoms with Gasteiger partial charge in [-0.1, -0.05) is 6.07 Å². The van der Waals surface area contributed by atoms with E-state index in [1.165, 1.54) is 18.2 Å². The fourth-order valence-corrected chi connectivity index (χ4v) is 3.19. The molecule has 19 heavy (non-hydrogen) atoms. The Morgan fingerprint density at radius 2 is 2.21 bits per heavy atom. The SMILES string of the molecule is Cl.O=S(=O)(NCC1CCCNC1)c1cccc(F)c1. The van der Waals surface area contributed by atoms with Gasteiger partial charge in [0.15, 0.2) is 0 Å². The van der Waals surface area contributed by atoms with Crippen molar-refractivity contribution in [2.24, 2.45) is 5.92 Å². The van der Waals surface area contributed by atoms with E-state index in [0.29, 0.717) is 12.5 Å². The Balaban J connectivity index is 0.00000180. The Hall–Kier alpha value is -0.690. The van der Waals surface area contributed by atoms with Crippen molar-refractivity contribution in [1.29, 1.82) is 0 Å². The lowest BCUT2D eigenvalue weighted by Crippen LogP contribution is -2.38. The van der Waals surface area contributed by atoms with Crippen LogP contribution >= 0.6 is 12.4 Å². The minimum absolute atomic E-state index is 0. The van der Waals surface area contributed by atoms with E-state index in [1.807, 2.05) is 0 Å². The standard InChI is InChI=1S/C12H17FN2O2S.ClH/c13-11-4-1-5-12(7-11)18(16,17)15-9-10-3-2-6-14-8-10;/h1,4-5,7,10,14-15H,2-3,6,8-9H2;1H. The van der Waals surface area contributed by atoms with E-state index in [2.05, 4.69) is 10.0 Å². The molecule has 1 saturated heterocycles. The molecule has 0 aliphatic carbocycles. The fourth-order valence-electron chi connectivity index (χ4n) is 2.04. The molecule has 1 aromatic carbocycles. The summed E-state index contributed by atoms with van der Waals surface area (Å²) >= 11 is 0. The number of sulfonamides is 1. The Kier molecular flexibility index (Phi) is 6.19. The second-order valence-corrected chi connectivity index (χ2v) is 6.29. The van der Waals surface area contributed by atoms with Gasteiger partial charge in [-0.15, -0.1) is 12.4 Å². The zero-order chi connectivity index (χ0) is 13.0. The maximum absolute atomic E-state index is 13.0. The third-order valence-corrected chi connectivity index (χ3v) is 4.49. The maximum Gasteiger partial charge on any atom is 0.240 e. The molecule has 2 N–H and O–H groups in total. The lowest BCUT2D eigenvalue weighted by atomic mass is 10.0. The summed E-state index contributed by atoms with van der Waals surface area (Å²) in [6, 6.07) is 5.04. The molecule has 1 heterocycles. The van der Waals surface area contributed by atoms with Crippen LogP contribution in [0.4, 0.5) is 4.39 Å². The minimum Gasteiger partial charge on any atom is -0.316 e. The zero-order valence-electron chi connectivity index (χ0n) is 10.4. The average molecular weight is 309 g/mol. The van der Waals surface area contributed by atoms with Crippen molar-refractivity contribution in [1.82, 2.24) is 10.0 Å². The summed E-state index contributed by atoms with van der Waals surface area (Å²) in [6.45, 7) is 2.21. The lowest BCUT2D eigenvalue weighted by Gasteiger charge is -2.22. The van der Waals surface area contributed by atoms with Crippen LogP contribution in [0.3, 0.4) is 0 Å². The molecule has 1 aliphatic heterocycles. The van der Waals surface area contributed by atoms with Crippen molar-refractivity contribution in [2.45, 2.75) is 17.7 Å². The van der Waals surface area contributed by atoms with Crippen LogP contribution in [0.2, 0.25) is 0 Å². The van der Waals surface area contributed by atoms with Gasteiger partial charge >= 0.3 is 0 Å². The van der Waals surface area contributed by atoms with Crippen molar-refractivity contribution in [2.75, 3.05) is 19.6 Å². The quantitative estimate of drug-likeness (QED) is 0.887. The molecular formula is C12H18ClFN2O2S. The van der Waals surface area contributed by atoms with Crippen LogP contribution < -0.4 is 10.0 Å². The summed E-state index contributed by atoms with van der Waals surface area (Å²) in [4.78, 5) is -0.0220. The van der Waals surface area contributed by atoms with Crippen LogP contribution in [0.15, 0.2) is 29.2 Å².